The van der Waals surface area contributed by atoms with Gasteiger partial charge in [-0.05, 0) is 34.6 Å². The Morgan fingerprint density at radius 3 is 1.89 bits per heavy atom. The SMILES string of the molecule is COc1cc(C(=O)O[C@H](C)C(=O)N(C(C)C)C(C)C)c([N+](=O)[O-])cc1OC. The second kappa shape index (κ2) is 9.20. The minimum Gasteiger partial charge on any atom is -0.493 e. The summed E-state index contributed by atoms with van der Waals surface area (Å²) in [5.74, 6) is -1.12. The fourth-order valence-electron chi connectivity index (χ4n) is 2.77. The molecule has 1 atom stereocenters. The highest BCUT2D eigenvalue weighted by Gasteiger charge is 2.31. The highest BCUT2D eigenvalue weighted by Crippen LogP contribution is 2.35. The molecule has 0 saturated heterocycles. The summed E-state index contributed by atoms with van der Waals surface area (Å²) in [4.78, 5) is 37.3. The summed E-state index contributed by atoms with van der Waals surface area (Å²) >= 11 is 0. The Kier molecular flexibility index (Phi) is 7.56. The fraction of sp³-hybridized carbons (Fsp3) is 0.556. The van der Waals surface area contributed by atoms with Gasteiger partial charge in [0.2, 0.25) is 0 Å². The molecular formula is C18H26N2O7. The number of carbonyl (C=O) groups excluding carboxylic acids is 2. The van der Waals surface area contributed by atoms with Crippen molar-refractivity contribution in [3.63, 3.8) is 0 Å². The van der Waals surface area contributed by atoms with Crippen LogP contribution in [0.5, 0.6) is 11.5 Å². The van der Waals surface area contributed by atoms with Crippen LogP contribution in [0.3, 0.4) is 0 Å². The van der Waals surface area contributed by atoms with E-state index in [1.54, 1.807) is 4.90 Å². The van der Waals surface area contributed by atoms with Gasteiger partial charge in [0.15, 0.2) is 17.6 Å². The maximum atomic E-state index is 12.6. The van der Waals surface area contributed by atoms with Gasteiger partial charge >= 0.3 is 5.97 Å². The molecule has 9 nitrogen and oxygen atoms in total. The molecule has 0 unspecified atom stereocenters. The zero-order valence-corrected chi connectivity index (χ0v) is 16.6. The molecule has 0 spiro atoms. The lowest BCUT2D eigenvalue weighted by Gasteiger charge is -2.32. The summed E-state index contributed by atoms with van der Waals surface area (Å²) in [6.45, 7) is 8.85. The number of carbonyl (C=O) groups is 2. The first-order chi connectivity index (χ1) is 12.5. The predicted molar refractivity (Wildman–Crippen MR) is 98.2 cm³/mol. The topological polar surface area (TPSA) is 108 Å². The molecule has 0 saturated carbocycles. The van der Waals surface area contributed by atoms with Gasteiger partial charge in [-0.3, -0.25) is 14.9 Å². The molecule has 1 aromatic carbocycles. The standard InChI is InChI=1S/C18H26N2O7/c1-10(2)19(11(3)4)17(21)12(5)27-18(22)13-8-15(25-6)16(26-7)9-14(13)20(23)24/h8-12H,1-7H3/t12-/m1/s1. The van der Waals surface area contributed by atoms with Crippen LogP contribution >= 0.6 is 0 Å². The molecule has 1 aromatic rings. The van der Waals surface area contributed by atoms with Gasteiger partial charge in [0.25, 0.3) is 11.6 Å². The van der Waals surface area contributed by atoms with E-state index in [4.69, 9.17) is 14.2 Å². The van der Waals surface area contributed by atoms with Gasteiger partial charge in [-0.15, -0.1) is 0 Å². The van der Waals surface area contributed by atoms with Crippen molar-refractivity contribution in [2.75, 3.05) is 14.2 Å². The molecule has 0 N–H and O–H groups in total. The Labute approximate surface area is 158 Å². The molecule has 0 bridgehead atoms. The molecule has 27 heavy (non-hydrogen) atoms. The van der Waals surface area contributed by atoms with E-state index in [2.05, 4.69) is 0 Å². The second-order valence-corrected chi connectivity index (χ2v) is 6.46. The van der Waals surface area contributed by atoms with E-state index < -0.39 is 22.7 Å². The second-order valence-electron chi connectivity index (χ2n) is 6.46. The Balaban J connectivity index is 3.18. The normalized spacial score (nSPS) is 11.9. The lowest BCUT2D eigenvalue weighted by molar-refractivity contribution is -0.385. The largest absolute Gasteiger partial charge is 0.493 e. The fourth-order valence-corrected chi connectivity index (χ4v) is 2.77. The van der Waals surface area contributed by atoms with Crippen LogP contribution in [0, 0.1) is 10.1 Å². The maximum absolute atomic E-state index is 12.6. The van der Waals surface area contributed by atoms with E-state index in [1.807, 2.05) is 27.7 Å². The van der Waals surface area contributed by atoms with Crippen molar-refractivity contribution in [1.82, 2.24) is 4.90 Å². The molecule has 0 radical (unpaired) electrons. The van der Waals surface area contributed by atoms with Crippen LogP contribution in [0.25, 0.3) is 0 Å². The summed E-state index contributed by atoms with van der Waals surface area (Å²) in [5, 5.41) is 11.3. The summed E-state index contributed by atoms with van der Waals surface area (Å²) in [6.07, 6.45) is -1.10. The number of benzene rings is 1. The van der Waals surface area contributed by atoms with Crippen molar-refractivity contribution in [2.45, 2.75) is 52.8 Å². The first-order valence-electron chi connectivity index (χ1n) is 8.48. The van der Waals surface area contributed by atoms with E-state index in [9.17, 15) is 19.7 Å². The third-order valence-corrected chi connectivity index (χ3v) is 3.92. The van der Waals surface area contributed by atoms with Crippen LogP contribution in [0.2, 0.25) is 0 Å². The number of hydrogen-bond donors (Lipinski definition) is 0. The van der Waals surface area contributed by atoms with E-state index in [0.29, 0.717) is 0 Å². The molecule has 0 aliphatic rings. The minimum absolute atomic E-state index is 0.0888. The summed E-state index contributed by atoms with van der Waals surface area (Å²) in [7, 11) is 2.67. The molecule has 0 heterocycles. The number of ether oxygens (including phenoxy) is 3. The van der Waals surface area contributed by atoms with Crippen molar-refractivity contribution in [3.05, 3.63) is 27.8 Å². The first kappa shape index (κ1) is 22.2. The number of hydrogen-bond acceptors (Lipinski definition) is 7. The maximum Gasteiger partial charge on any atom is 0.346 e. The molecule has 0 fully saturated rings. The van der Waals surface area contributed by atoms with Gasteiger partial charge in [-0.1, -0.05) is 0 Å². The minimum atomic E-state index is -1.10. The van der Waals surface area contributed by atoms with E-state index in [0.717, 1.165) is 6.07 Å². The first-order valence-corrected chi connectivity index (χ1v) is 8.48. The highest BCUT2D eigenvalue weighted by atomic mass is 16.6. The average Bonchev–Trinajstić information content (AvgIpc) is 2.59. The summed E-state index contributed by atoms with van der Waals surface area (Å²) in [6, 6.07) is 2.07. The number of nitro benzene ring substituents is 1. The Bertz CT molecular complexity index is 708. The van der Waals surface area contributed by atoms with Crippen LogP contribution < -0.4 is 9.47 Å². The number of rotatable bonds is 8. The smallest absolute Gasteiger partial charge is 0.346 e. The number of amides is 1. The van der Waals surface area contributed by atoms with Crippen molar-refractivity contribution in [1.29, 1.82) is 0 Å². The van der Waals surface area contributed by atoms with Crippen molar-refractivity contribution >= 4 is 17.6 Å². The summed E-state index contributed by atoms with van der Waals surface area (Å²) < 4.78 is 15.3. The number of methoxy groups -OCH3 is 2. The lowest BCUT2D eigenvalue weighted by Crippen LogP contribution is -2.47. The third kappa shape index (κ3) is 5.08. The van der Waals surface area contributed by atoms with Crippen LogP contribution in [-0.2, 0) is 9.53 Å². The number of nitro groups is 1. The van der Waals surface area contributed by atoms with Crippen LogP contribution in [0.4, 0.5) is 5.69 Å². The Morgan fingerprint density at radius 1 is 1.00 bits per heavy atom. The monoisotopic (exact) mass is 382 g/mol. The molecule has 150 valence electrons. The van der Waals surface area contributed by atoms with Crippen LogP contribution in [0.1, 0.15) is 45.0 Å². The lowest BCUT2D eigenvalue weighted by atomic mass is 10.1. The molecular weight excluding hydrogens is 356 g/mol. The highest BCUT2D eigenvalue weighted by molar-refractivity contribution is 5.96. The zero-order valence-electron chi connectivity index (χ0n) is 16.6. The van der Waals surface area contributed by atoms with E-state index >= 15 is 0 Å². The quantitative estimate of drug-likeness (QED) is 0.386. The number of nitrogens with zero attached hydrogens (tertiary/aromatic N) is 2. The molecule has 9 heteroatoms. The van der Waals surface area contributed by atoms with Gasteiger partial charge in [-0.25, -0.2) is 4.79 Å². The molecule has 1 rings (SSSR count). The van der Waals surface area contributed by atoms with Crippen LogP contribution in [0.15, 0.2) is 12.1 Å². The Hall–Kier alpha value is -2.84. The van der Waals surface area contributed by atoms with Crippen molar-refractivity contribution in [3.8, 4) is 11.5 Å². The Morgan fingerprint density at radius 2 is 1.48 bits per heavy atom. The molecule has 0 aliphatic carbocycles. The van der Waals surface area contributed by atoms with Crippen molar-refractivity contribution < 1.29 is 28.7 Å². The van der Waals surface area contributed by atoms with Crippen LogP contribution in [-0.4, -0.2) is 54.1 Å². The number of esters is 1. The van der Waals surface area contributed by atoms with Gasteiger partial charge in [-0.2, -0.15) is 0 Å². The van der Waals surface area contributed by atoms with Crippen molar-refractivity contribution in [2.24, 2.45) is 0 Å². The predicted octanol–water partition coefficient (Wildman–Crippen LogP) is 2.80. The van der Waals surface area contributed by atoms with Gasteiger partial charge in [0.05, 0.1) is 25.2 Å². The molecule has 0 aromatic heterocycles. The van der Waals surface area contributed by atoms with E-state index in [1.165, 1.54) is 27.2 Å². The van der Waals surface area contributed by atoms with E-state index in [-0.39, 0.29) is 35.1 Å². The van der Waals surface area contributed by atoms with Gasteiger partial charge in [0.1, 0.15) is 5.56 Å². The zero-order chi connectivity index (χ0) is 20.9. The van der Waals surface area contributed by atoms with Gasteiger partial charge in [0, 0.05) is 18.2 Å². The molecule has 0 aliphatic heterocycles. The summed E-state index contributed by atoms with van der Waals surface area (Å²) in [5.41, 5.74) is -0.820. The molecule has 1 amide bonds. The third-order valence-electron chi connectivity index (χ3n) is 3.92. The van der Waals surface area contributed by atoms with Gasteiger partial charge < -0.3 is 19.1 Å². The average molecular weight is 382 g/mol.